The van der Waals surface area contributed by atoms with E-state index in [0.717, 1.165) is 33.1 Å². The first kappa shape index (κ1) is 24.2. The maximum absolute atomic E-state index is 12.8. The second-order valence-corrected chi connectivity index (χ2v) is 8.87. The molecule has 0 atom stereocenters. The first-order valence-electron chi connectivity index (χ1n) is 10.9. The number of allylic oxidation sites excluding steroid dienone is 2. The summed E-state index contributed by atoms with van der Waals surface area (Å²) < 4.78 is 15.5. The molecule has 0 saturated heterocycles. The van der Waals surface area contributed by atoms with E-state index in [-0.39, 0.29) is 0 Å². The number of thiazole rings is 1. The maximum atomic E-state index is 12.8. The molecule has 1 aromatic heterocycles. The van der Waals surface area contributed by atoms with Crippen LogP contribution in [0.4, 0.5) is 0 Å². The summed E-state index contributed by atoms with van der Waals surface area (Å²) in [5.74, 6) is -0.892. The van der Waals surface area contributed by atoms with E-state index in [2.05, 4.69) is 5.32 Å². The summed E-state index contributed by atoms with van der Waals surface area (Å²) in [6.45, 7) is 3.59. The number of benzene rings is 2. The van der Waals surface area contributed by atoms with Crippen LogP contribution in [-0.2, 0) is 19.1 Å². The molecule has 0 amide bonds. The molecule has 180 valence electrons. The van der Waals surface area contributed by atoms with E-state index < -0.39 is 17.9 Å². The summed E-state index contributed by atoms with van der Waals surface area (Å²) in [5, 5.41) is 5.94. The van der Waals surface area contributed by atoms with Crippen molar-refractivity contribution >= 4 is 23.3 Å². The van der Waals surface area contributed by atoms with E-state index in [1.807, 2.05) is 53.9 Å². The van der Waals surface area contributed by atoms with E-state index in [4.69, 9.17) is 19.2 Å². The van der Waals surface area contributed by atoms with Crippen molar-refractivity contribution in [3.63, 3.8) is 0 Å². The summed E-state index contributed by atoms with van der Waals surface area (Å²) in [5.41, 5.74) is 5.44. The number of hydrogen-bond acceptors (Lipinski definition) is 8. The van der Waals surface area contributed by atoms with Gasteiger partial charge in [0.1, 0.15) is 10.8 Å². The number of rotatable bonds is 6. The molecule has 3 aromatic rings. The fourth-order valence-corrected chi connectivity index (χ4v) is 5.09. The summed E-state index contributed by atoms with van der Waals surface area (Å²) in [7, 11) is 4.29. The largest absolute Gasteiger partial charge is 0.497 e. The Morgan fingerprint density at radius 1 is 0.886 bits per heavy atom. The molecule has 8 heteroatoms. The van der Waals surface area contributed by atoms with Crippen LogP contribution in [0.1, 0.15) is 25.3 Å². The number of methoxy groups -OCH3 is 3. The van der Waals surface area contributed by atoms with Crippen molar-refractivity contribution in [3.05, 3.63) is 82.0 Å². The fraction of sp³-hybridized carbons (Fsp3) is 0.222. The molecule has 0 fully saturated rings. The van der Waals surface area contributed by atoms with Gasteiger partial charge in [-0.1, -0.05) is 30.3 Å². The molecule has 7 nitrogen and oxygen atoms in total. The van der Waals surface area contributed by atoms with Gasteiger partial charge in [-0.2, -0.15) is 0 Å². The Kier molecular flexibility index (Phi) is 7.02. The maximum Gasteiger partial charge on any atom is 0.336 e. The highest BCUT2D eigenvalue weighted by Crippen LogP contribution is 2.40. The predicted molar refractivity (Wildman–Crippen MR) is 135 cm³/mol. The van der Waals surface area contributed by atoms with Crippen LogP contribution in [-0.4, -0.2) is 38.3 Å². The Balaban J connectivity index is 1.79. The number of nitrogens with zero attached hydrogens (tertiary/aromatic N) is 1. The number of aromatic nitrogens is 1. The topological polar surface area (TPSA) is 86.8 Å². The van der Waals surface area contributed by atoms with Crippen LogP contribution in [0.5, 0.6) is 5.75 Å². The predicted octanol–water partition coefficient (Wildman–Crippen LogP) is 5.07. The smallest absolute Gasteiger partial charge is 0.336 e. The monoisotopic (exact) mass is 490 g/mol. The lowest BCUT2D eigenvalue weighted by Gasteiger charge is -2.30. The molecule has 2 heterocycles. The molecule has 0 bridgehead atoms. The molecule has 2 aromatic carbocycles. The van der Waals surface area contributed by atoms with Crippen LogP contribution in [0.15, 0.2) is 76.5 Å². The molecule has 0 radical (unpaired) electrons. The van der Waals surface area contributed by atoms with Crippen LogP contribution in [0, 0.1) is 0 Å². The summed E-state index contributed by atoms with van der Waals surface area (Å²) >= 11 is 1.52. The van der Waals surface area contributed by atoms with Crippen molar-refractivity contribution in [2.45, 2.75) is 19.8 Å². The Morgan fingerprint density at radius 2 is 1.51 bits per heavy atom. The van der Waals surface area contributed by atoms with Gasteiger partial charge in [0, 0.05) is 27.9 Å². The van der Waals surface area contributed by atoms with Gasteiger partial charge in [-0.15, -0.1) is 11.3 Å². The molecular formula is C27H26N2O5S. The van der Waals surface area contributed by atoms with Crippen molar-refractivity contribution in [2.24, 2.45) is 0 Å². The summed E-state index contributed by atoms with van der Waals surface area (Å²) in [4.78, 5) is 30.4. The lowest BCUT2D eigenvalue weighted by atomic mass is 9.80. The van der Waals surface area contributed by atoms with Crippen LogP contribution in [0.25, 0.3) is 21.8 Å². The number of esters is 2. The van der Waals surface area contributed by atoms with E-state index in [1.165, 1.54) is 25.6 Å². The Morgan fingerprint density at radius 3 is 2.14 bits per heavy atom. The Hall–Kier alpha value is -3.91. The number of carbonyl (C=O) groups excluding carboxylic acids is 2. The zero-order chi connectivity index (χ0) is 25.1. The van der Waals surface area contributed by atoms with Crippen molar-refractivity contribution in [3.8, 4) is 27.6 Å². The SMILES string of the molecule is COC(=O)C1=C(C)NC(C)=C(C(=O)OC)C1c1cccc(-c2nc(-c3cccc(OC)c3)cs2)c1. The van der Waals surface area contributed by atoms with Gasteiger partial charge in [-0.05, 0) is 37.6 Å². The van der Waals surface area contributed by atoms with Crippen LogP contribution >= 0.6 is 11.3 Å². The molecule has 1 aliphatic heterocycles. The zero-order valence-electron chi connectivity index (χ0n) is 20.2. The lowest BCUT2D eigenvalue weighted by Crippen LogP contribution is -2.32. The highest BCUT2D eigenvalue weighted by Gasteiger charge is 2.37. The molecule has 0 saturated carbocycles. The third kappa shape index (κ3) is 4.70. The second-order valence-electron chi connectivity index (χ2n) is 8.01. The first-order chi connectivity index (χ1) is 16.9. The minimum absolute atomic E-state index is 0.367. The number of carbonyl (C=O) groups is 2. The zero-order valence-corrected chi connectivity index (χ0v) is 21.0. The second kappa shape index (κ2) is 10.1. The van der Waals surface area contributed by atoms with Crippen LogP contribution in [0.2, 0.25) is 0 Å². The number of hydrogen-bond donors (Lipinski definition) is 1. The van der Waals surface area contributed by atoms with Gasteiger partial charge in [0.2, 0.25) is 0 Å². The van der Waals surface area contributed by atoms with E-state index >= 15 is 0 Å². The molecule has 1 aliphatic rings. The molecule has 0 aliphatic carbocycles. The first-order valence-corrected chi connectivity index (χ1v) is 11.8. The van der Waals surface area contributed by atoms with Crippen LogP contribution in [0.3, 0.4) is 0 Å². The van der Waals surface area contributed by atoms with Crippen molar-refractivity contribution in [1.82, 2.24) is 10.3 Å². The molecule has 4 rings (SSSR count). The van der Waals surface area contributed by atoms with Gasteiger partial charge in [0.05, 0.1) is 44.1 Å². The van der Waals surface area contributed by atoms with E-state index in [1.54, 1.807) is 21.0 Å². The quantitative estimate of drug-likeness (QED) is 0.483. The van der Waals surface area contributed by atoms with E-state index in [9.17, 15) is 9.59 Å². The van der Waals surface area contributed by atoms with Gasteiger partial charge >= 0.3 is 11.9 Å². The standard InChI is InChI=1S/C27H26N2O5S/c1-15-22(26(30)33-4)24(23(16(2)28-15)27(31)34-5)18-9-6-10-19(12-18)25-29-21(14-35-25)17-8-7-11-20(13-17)32-3/h6-14,24,28H,1-5H3. The van der Waals surface area contributed by atoms with Gasteiger partial charge in [0.15, 0.2) is 0 Å². The molecule has 35 heavy (non-hydrogen) atoms. The molecule has 1 N–H and O–H groups in total. The van der Waals surface area contributed by atoms with Gasteiger partial charge in [0.25, 0.3) is 0 Å². The number of dihydropyridines is 1. The average Bonchev–Trinajstić information content (AvgIpc) is 3.38. The summed E-state index contributed by atoms with van der Waals surface area (Å²) in [6.07, 6.45) is 0. The highest BCUT2D eigenvalue weighted by molar-refractivity contribution is 7.13. The average molecular weight is 491 g/mol. The minimum Gasteiger partial charge on any atom is -0.497 e. The molecular weight excluding hydrogens is 464 g/mol. The molecule has 0 unspecified atom stereocenters. The Bertz CT molecular complexity index is 1320. The third-order valence-electron chi connectivity index (χ3n) is 5.91. The Labute approximate surface area is 208 Å². The number of ether oxygens (including phenoxy) is 3. The normalized spacial score (nSPS) is 14.0. The van der Waals surface area contributed by atoms with Crippen LogP contribution < -0.4 is 10.1 Å². The molecule has 0 spiro atoms. The summed E-state index contributed by atoms with van der Waals surface area (Å²) in [6, 6.07) is 15.4. The third-order valence-corrected chi connectivity index (χ3v) is 6.80. The van der Waals surface area contributed by atoms with Crippen molar-refractivity contribution < 1.29 is 23.8 Å². The number of nitrogens with one attached hydrogen (secondary N) is 1. The highest BCUT2D eigenvalue weighted by atomic mass is 32.1. The van der Waals surface area contributed by atoms with Gasteiger partial charge < -0.3 is 19.5 Å². The minimum atomic E-state index is -0.645. The van der Waals surface area contributed by atoms with Crippen molar-refractivity contribution in [1.29, 1.82) is 0 Å². The fourth-order valence-electron chi connectivity index (χ4n) is 4.26. The van der Waals surface area contributed by atoms with Gasteiger partial charge in [-0.25, -0.2) is 14.6 Å². The lowest BCUT2D eigenvalue weighted by molar-refractivity contribution is -0.137. The van der Waals surface area contributed by atoms with E-state index in [0.29, 0.717) is 22.5 Å². The van der Waals surface area contributed by atoms with Gasteiger partial charge in [-0.3, -0.25) is 0 Å². The van der Waals surface area contributed by atoms with Crippen molar-refractivity contribution in [2.75, 3.05) is 21.3 Å².